The van der Waals surface area contributed by atoms with Gasteiger partial charge < -0.3 is 24.2 Å². The van der Waals surface area contributed by atoms with Crippen LogP contribution >= 0.6 is 11.6 Å². The number of fused-ring (bicyclic) bond motifs is 1. The summed E-state index contributed by atoms with van der Waals surface area (Å²) in [5.74, 6) is 1.05. The molecule has 0 aliphatic carbocycles. The van der Waals surface area contributed by atoms with Crippen LogP contribution in [0.4, 0.5) is 5.82 Å². The number of rotatable bonds is 5. The van der Waals surface area contributed by atoms with Gasteiger partial charge in [-0.3, -0.25) is 0 Å². The highest BCUT2D eigenvalue weighted by Crippen LogP contribution is 2.38. The van der Waals surface area contributed by atoms with Gasteiger partial charge >= 0.3 is 5.97 Å². The van der Waals surface area contributed by atoms with Crippen LogP contribution in [0.15, 0.2) is 53.2 Å². The lowest BCUT2D eigenvalue weighted by molar-refractivity contribution is 0.0529. The molecule has 0 amide bonds. The molecule has 4 rings (SSSR count). The van der Waals surface area contributed by atoms with E-state index in [2.05, 4.69) is 4.98 Å². The van der Waals surface area contributed by atoms with E-state index in [1.54, 1.807) is 61.3 Å². The number of ether oxygens (including phenoxy) is 2. The fraction of sp³-hybridized carbons (Fsp3) is 0.143. The molecule has 0 saturated heterocycles. The molecule has 0 fully saturated rings. The van der Waals surface area contributed by atoms with Crippen LogP contribution in [-0.4, -0.2) is 22.1 Å². The first-order chi connectivity index (χ1) is 14.0. The number of anilines is 1. The van der Waals surface area contributed by atoms with Crippen molar-refractivity contribution in [1.29, 1.82) is 0 Å². The predicted molar refractivity (Wildman–Crippen MR) is 110 cm³/mol. The molecule has 2 aromatic heterocycles. The summed E-state index contributed by atoms with van der Waals surface area (Å²) in [7, 11) is 1.77. The Morgan fingerprint density at radius 1 is 1.28 bits per heavy atom. The molecule has 8 heteroatoms. The van der Waals surface area contributed by atoms with Crippen molar-refractivity contribution in [3.8, 4) is 23.0 Å². The third kappa shape index (κ3) is 3.52. The van der Waals surface area contributed by atoms with E-state index in [1.165, 1.54) is 0 Å². The first-order valence-electron chi connectivity index (χ1n) is 8.92. The zero-order valence-corrected chi connectivity index (χ0v) is 16.6. The monoisotopic (exact) mass is 411 g/mol. The molecule has 29 heavy (non-hydrogen) atoms. The van der Waals surface area contributed by atoms with Crippen LogP contribution in [0.25, 0.3) is 22.3 Å². The van der Waals surface area contributed by atoms with E-state index < -0.39 is 5.97 Å². The van der Waals surface area contributed by atoms with Crippen LogP contribution in [0.5, 0.6) is 11.6 Å². The Bertz CT molecular complexity index is 1190. The van der Waals surface area contributed by atoms with Crippen molar-refractivity contribution < 1.29 is 18.7 Å². The second kappa shape index (κ2) is 7.52. The minimum atomic E-state index is -0.488. The molecule has 0 radical (unpaired) electrons. The number of furan rings is 1. The molecule has 0 bridgehead atoms. The summed E-state index contributed by atoms with van der Waals surface area (Å²) >= 11 is 6.12. The molecule has 7 nitrogen and oxygen atoms in total. The van der Waals surface area contributed by atoms with E-state index in [0.717, 1.165) is 0 Å². The summed E-state index contributed by atoms with van der Waals surface area (Å²) in [6.45, 7) is 1.99. The Kier molecular flexibility index (Phi) is 4.90. The highest BCUT2D eigenvalue weighted by molar-refractivity contribution is 6.30. The van der Waals surface area contributed by atoms with E-state index in [4.69, 9.17) is 31.2 Å². The number of nitrogens with zero attached hydrogens (tertiary/aromatic N) is 2. The van der Waals surface area contributed by atoms with Gasteiger partial charge in [-0.1, -0.05) is 23.7 Å². The molecule has 0 aliphatic rings. The topological polar surface area (TPSA) is 92.5 Å². The summed E-state index contributed by atoms with van der Waals surface area (Å²) < 4.78 is 18.8. The van der Waals surface area contributed by atoms with Crippen LogP contribution in [0.1, 0.15) is 17.3 Å². The first kappa shape index (κ1) is 18.9. The number of carbonyl (C=O) groups excluding carboxylic acids is 1. The molecular formula is C21H18ClN3O4. The summed E-state index contributed by atoms with van der Waals surface area (Å²) in [5, 5.41) is 1.10. The predicted octanol–water partition coefficient (Wildman–Crippen LogP) is 5.04. The van der Waals surface area contributed by atoms with Crippen LogP contribution in [0.3, 0.4) is 0 Å². The summed E-state index contributed by atoms with van der Waals surface area (Å²) in [4.78, 5) is 16.8. The zero-order chi connectivity index (χ0) is 20.5. The Labute approximate surface area is 171 Å². The first-order valence-corrected chi connectivity index (χ1v) is 9.30. The maximum Gasteiger partial charge on any atom is 0.342 e. The van der Waals surface area contributed by atoms with Gasteiger partial charge in [0.15, 0.2) is 5.82 Å². The smallest absolute Gasteiger partial charge is 0.342 e. The van der Waals surface area contributed by atoms with E-state index in [-0.39, 0.29) is 12.4 Å². The number of hydrogen-bond donors (Lipinski definition) is 1. The van der Waals surface area contributed by atoms with E-state index in [0.29, 0.717) is 44.5 Å². The maximum atomic E-state index is 12.7. The summed E-state index contributed by atoms with van der Waals surface area (Å²) in [6.07, 6.45) is 1.56. The van der Waals surface area contributed by atoms with Crippen LogP contribution in [-0.2, 0) is 11.8 Å². The molecule has 4 aromatic rings. The Balaban J connectivity index is 1.86. The third-order valence-electron chi connectivity index (χ3n) is 4.35. The Morgan fingerprint density at radius 3 is 2.79 bits per heavy atom. The summed E-state index contributed by atoms with van der Waals surface area (Å²) in [5.41, 5.74) is 7.36. The molecular weight excluding hydrogens is 394 g/mol. The molecule has 0 aliphatic heterocycles. The molecule has 0 saturated carbocycles. The molecule has 2 heterocycles. The van der Waals surface area contributed by atoms with Gasteiger partial charge in [-0.15, -0.1) is 0 Å². The zero-order valence-electron chi connectivity index (χ0n) is 15.8. The highest BCUT2D eigenvalue weighted by Gasteiger charge is 2.24. The SMILES string of the molecule is CCOC(=O)c1c(-c2cccc(Cl)c2)oc2ccc(Oc3c(N)ncn3C)cc12. The number of carbonyl (C=O) groups is 1. The van der Waals surface area contributed by atoms with Crippen LogP contribution < -0.4 is 10.5 Å². The maximum absolute atomic E-state index is 12.7. The Morgan fingerprint density at radius 2 is 2.10 bits per heavy atom. The number of nitrogens with two attached hydrogens (primary N) is 1. The largest absolute Gasteiger partial charge is 0.462 e. The quantitative estimate of drug-likeness (QED) is 0.462. The van der Waals surface area contributed by atoms with E-state index in [1.807, 2.05) is 6.07 Å². The van der Waals surface area contributed by atoms with Gasteiger partial charge in [-0.05, 0) is 37.3 Å². The van der Waals surface area contributed by atoms with Crippen molar-refractivity contribution in [2.24, 2.45) is 7.05 Å². The van der Waals surface area contributed by atoms with Crippen molar-refractivity contribution >= 4 is 34.4 Å². The number of aryl methyl sites for hydroxylation is 1. The number of aromatic nitrogens is 2. The van der Waals surface area contributed by atoms with Crippen LogP contribution in [0, 0.1) is 0 Å². The molecule has 2 N–H and O–H groups in total. The molecule has 0 unspecified atom stereocenters. The molecule has 2 aromatic carbocycles. The minimum absolute atomic E-state index is 0.238. The number of benzene rings is 2. The average Bonchev–Trinajstić information content (AvgIpc) is 3.23. The van der Waals surface area contributed by atoms with Crippen molar-refractivity contribution in [3.05, 3.63) is 59.4 Å². The van der Waals surface area contributed by atoms with Gasteiger partial charge in [-0.25, -0.2) is 9.78 Å². The molecule has 0 atom stereocenters. The summed E-state index contributed by atoms with van der Waals surface area (Å²) in [6, 6.07) is 12.3. The molecule has 0 spiro atoms. The van der Waals surface area contributed by atoms with E-state index in [9.17, 15) is 4.79 Å². The number of imidazole rings is 1. The molecule has 148 valence electrons. The fourth-order valence-electron chi connectivity index (χ4n) is 3.05. The number of esters is 1. The van der Waals surface area contributed by atoms with Crippen molar-refractivity contribution in [2.75, 3.05) is 12.3 Å². The van der Waals surface area contributed by atoms with Gasteiger partial charge in [-0.2, -0.15) is 0 Å². The third-order valence-corrected chi connectivity index (χ3v) is 4.58. The number of hydrogen-bond acceptors (Lipinski definition) is 6. The number of nitrogen functional groups attached to an aromatic ring is 1. The average molecular weight is 412 g/mol. The van der Waals surface area contributed by atoms with Crippen molar-refractivity contribution in [2.45, 2.75) is 6.92 Å². The standard InChI is InChI=1S/C21H18ClN3O4/c1-3-27-21(26)17-15-10-14(28-20-19(23)24-11-25(20)2)7-8-16(15)29-18(17)12-5-4-6-13(22)9-12/h4-11H,3,23H2,1-2H3. The highest BCUT2D eigenvalue weighted by atomic mass is 35.5. The lowest BCUT2D eigenvalue weighted by Crippen LogP contribution is -2.05. The van der Waals surface area contributed by atoms with Gasteiger partial charge in [0, 0.05) is 23.0 Å². The van der Waals surface area contributed by atoms with Gasteiger partial charge in [0.25, 0.3) is 0 Å². The lowest BCUT2D eigenvalue weighted by atomic mass is 10.1. The Hall–Kier alpha value is -3.45. The lowest BCUT2D eigenvalue weighted by Gasteiger charge is -2.07. The minimum Gasteiger partial charge on any atom is -0.462 e. The van der Waals surface area contributed by atoms with Crippen LogP contribution in [0.2, 0.25) is 5.02 Å². The van der Waals surface area contributed by atoms with Crippen molar-refractivity contribution in [1.82, 2.24) is 9.55 Å². The second-order valence-corrected chi connectivity index (χ2v) is 6.78. The fourth-order valence-corrected chi connectivity index (χ4v) is 3.24. The van der Waals surface area contributed by atoms with Crippen molar-refractivity contribution in [3.63, 3.8) is 0 Å². The van der Waals surface area contributed by atoms with Gasteiger partial charge in [0.05, 0.1) is 12.9 Å². The number of halogens is 1. The van der Waals surface area contributed by atoms with E-state index >= 15 is 0 Å². The van der Waals surface area contributed by atoms with Gasteiger partial charge in [0.2, 0.25) is 5.88 Å². The second-order valence-electron chi connectivity index (χ2n) is 6.34. The van der Waals surface area contributed by atoms with Gasteiger partial charge in [0.1, 0.15) is 22.7 Å². The normalized spacial score (nSPS) is 11.0.